The van der Waals surface area contributed by atoms with Crippen molar-refractivity contribution in [2.45, 2.75) is 45.6 Å². The normalized spacial score (nSPS) is 15.7. The third kappa shape index (κ3) is 2.43. The first kappa shape index (κ1) is 13.2. The van der Waals surface area contributed by atoms with E-state index in [1.54, 1.807) is 4.68 Å². The van der Waals surface area contributed by atoms with Crippen molar-refractivity contribution in [2.24, 2.45) is 0 Å². The lowest BCUT2D eigenvalue weighted by molar-refractivity contribution is 0.628. The van der Waals surface area contributed by atoms with Crippen LogP contribution in [0.5, 0.6) is 0 Å². The van der Waals surface area contributed by atoms with Crippen LogP contribution >= 0.6 is 12.2 Å². The van der Waals surface area contributed by atoms with E-state index in [2.05, 4.69) is 31.1 Å². The maximum absolute atomic E-state index is 5.36. The Morgan fingerprint density at radius 1 is 1.15 bits per heavy atom. The fraction of sp³-hybridized carbons (Fsp3) is 0.583. The third-order valence-corrected chi connectivity index (χ3v) is 3.79. The predicted octanol–water partition coefficient (Wildman–Crippen LogP) is 1.15. The highest BCUT2D eigenvalue weighted by molar-refractivity contribution is 7.80. The van der Waals surface area contributed by atoms with Crippen LogP contribution < -0.4 is 10.7 Å². The number of fused-ring (bicyclic) bond motifs is 1. The Labute approximate surface area is 122 Å². The van der Waals surface area contributed by atoms with Crippen LogP contribution in [-0.4, -0.2) is 36.2 Å². The van der Waals surface area contributed by atoms with Gasteiger partial charge in [0.05, 0.1) is 5.69 Å². The first-order valence-corrected chi connectivity index (χ1v) is 7.18. The smallest absolute Gasteiger partial charge is 0.205 e. The maximum Gasteiger partial charge on any atom is 0.205 e. The summed E-state index contributed by atoms with van der Waals surface area (Å²) in [6.45, 7) is 3.71. The van der Waals surface area contributed by atoms with Crippen LogP contribution in [0.2, 0.25) is 0 Å². The van der Waals surface area contributed by atoms with E-state index < -0.39 is 0 Å². The average Bonchev–Trinajstić information content (AvgIpc) is 3.03. The number of nitrogens with one attached hydrogen (secondary N) is 2. The molecule has 2 N–H and O–H groups in total. The van der Waals surface area contributed by atoms with Crippen molar-refractivity contribution in [1.82, 2.24) is 30.4 Å². The third-order valence-electron chi connectivity index (χ3n) is 3.58. The molecule has 1 saturated carbocycles. The van der Waals surface area contributed by atoms with Gasteiger partial charge in [-0.1, -0.05) is 12.8 Å². The summed E-state index contributed by atoms with van der Waals surface area (Å²) in [4.78, 5) is 0. The van der Waals surface area contributed by atoms with Crippen LogP contribution in [0.1, 0.15) is 37.2 Å². The van der Waals surface area contributed by atoms with Crippen LogP contribution in [-0.2, 0) is 0 Å². The van der Waals surface area contributed by atoms with E-state index in [9.17, 15) is 0 Å². The highest BCUT2D eigenvalue weighted by Crippen LogP contribution is 2.19. The summed E-state index contributed by atoms with van der Waals surface area (Å²) >= 11 is 5.36. The summed E-state index contributed by atoms with van der Waals surface area (Å²) in [5.41, 5.74) is 4.57. The molecule has 0 unspecified atom stereocenters. The molecule has 3 aliphatic rings. The van der Waals surface area contributed by atoms with Gasteiger partial charge in [-0.15, -0.1) is 15.3 Å². The minimum atomic E-state index is 0.466. The Hall–Kier alpha value is -1.83. The summed E-state index contributed by atoms with van der Waals surface area (Å²) < 4.78 is 1.73. The first-order chi connectivity index (χ1) is 9.65. The van der Waals surface area contributed by atoms with E-state index in [1.165, 1.54) is 25.7 Å². The Kier molecular flexibility index (Phi) is 3.47. The first-order valence-electron chi connectivity index (χ1n) is 6.77. The molecular formula is C12H17N7S. The lowest BCUT2D eigenvalue weighted by Gasteiger charge is -2.19. The van der Waals surface area contributed by atoms with Gasteiger partial charge in [-0.2, -0.15) is 5.10 Å². The second-order valence-electron chi connectivity index (χ2n) is 5.11. The van der Waals surface area contributed by atoms with Gasteiger partial charge < -0.3 is 5.32 Å². The molecule has 0 bridgehead atoms. The van der Waals surface area contributed by atoms with Crippen LogP contribution in [0.4, 0.5) is 0 Å². The predicted molar refractivity (Wildman–Crippen MR) is 79.1 cm³/mol. The highest BCUT2D eigenvalue weighted by atomic mass is 32.1. The molecule has 0 spiro atoms. The number of hydrogen-bond acceptors (Lipinski definition) is 5. The standard InChI is InChI=1S/C12H17N7S/c1-7-10-11(17-14-7)19(8(2)15-16-10)18-12(20)13-9-5-3-4-6-9/h9H,3-6H2,1-2H3,(H2,13,18,20). The summed E-state index contributed by atoms with van der Waals surface area (Å²) in [6.07, 6.45) is 4.87. The van der Waals surface area contributed by atoms with Crippen molar-refractivity contribution < 1.29 is 0 Å². The van der Waals surface area contributed by atoms with Crippen LogP contribution in [0.25, 0.3) is 11.5 Å². The van der Waals surface area contributed by atoms with Crippen molar-refractivity contribution in [3.63, 3.8) is 0 Å². The summed E-state index contributed by atoms with van der Waals surface area (Å²) in [5.74, 6) is 1.33. The zero-order chi connectivity index (χ0) is 14.1. The Bertz CT molecular complexity index is 602. The molecule has 0 aromatic rings. The fourth-order valence-electron chi connectivity index (χ4n) is 2.49. The van der Waals surface area contributed by atoms with Crippen molar-refractivity contribution in [1.29, 1.82) is 0 Å². The number of rotatable bonds is 2. The van der Waals surface area contributed by atoms with Gasteiger partial charge >= 0.3 is 0 Å². The molecule has 0 saturated heterocycles. The molecule has 1 fully saturated rings. The topological polar surface area (TPSA) is 80.5 Å². The number of hydrogen-bond donors (Lipinski definition) is 2. The summed E-state index contributed by atoms with van der Waals surface area (Å²) in [7, 11) is 0. The molecule has 0 atom stereocenters. The SMILES string of the molecule is Cc1nnc2n(NC(=S)NC3CCCC3)c(C)nnc1-2. The summed E-state index contributed by atoms with van der Waals surface area (Å²) in [5, 5.41) is 20.3. The number of aromatic nitrogens is 5. The lowest BCUT2D eigenvalue weighted by Crippen LogP contribution is -2.40. The van der Waals surface area contributed by atoms with Crippen molar-refractivity contribution in [3.05, 3.63) is 11.5 Å². The molecule has 1 aliphatic carbocycles. The van der Waals surface area contributed by atoms with Gasteiger partial charge in [0, 0.05) is 6.04 Å². The fourth-order valence-corrected chi connectivity index (χ4v) is 2.75. The molecule has 7 nitrogen and oxygen atoms in total. The van der Waals surface area contributed by atoms with E-state index in [-0.39, 0.29) is 0 Å². The monoisotopic (exact) mass is 291 g/mol. The molecule has 0 radical (unpaired) electrons. The van der Waals surface area contributed by atoms with Gasteiger partial charge in [-0.3, -0.25) is 5.43 Å². The zero-order valence-corrected chi connectivity index (χ0v) is 12.4. The van der Waals surface area contributed by atoms with Crippen LogP contribution in [0.3, 0.4) is 0 Å². The minimum absolute atomic E-state index is 0.466. The van der Waals surface area contributed by atoms with Crippen molar-refractivity contribution in [3.8, 4) is 11.5 Å². The highest BCUT2D eigenvalue weighted by Gasteiger charge is 2.20. The van der Waals surface area contributed by atoms with E-state index in [1.807, 2.05) is 13.8 Å². The second-order valence-corrected chi connectivity index (χ2v) is 5.52. The van der Waals surface area contributed by atoms with Gasteiger partial charge in [-0.05, 0) is 38.9 Å². The Morgan fingerprint density at radius 2 is 1.90 bits per heavy atom. The number of nitrogens with zero attached hydrogens (tertiary/aromatic N) is 5. The van der Waals surface area contributed by atoms with Gasteiger partial charge in [-0.25, -0.2) is 4.68 Å². The molecule has 106 valence electrons. The molecule has 3 rings (SSSR count). The minimum Gasteiger partial charge on any atom is -0.359 e. The quantitative estimate of drug-likeness (QED) is 0.803. The van der Waals surface area contributed by atoms with Gasteiger partial charge in [0.25, 0.3) is 0 Å². The van der Waals surface area contributed by atoms with E-state index in [0.717, 1.165) is 5.69 Å². The van der Waals surface area contributed by atoms with E-state index in [0.29, 0.717) is 28.5 Å². The molecule has 0 aromatic heterocycles. The van der Waals surface area contributed by atoms with E-state index >= 15 is 0 Å². The van der Waals surface area contributed by atoms with Gasteiger partial charge in [0.1, 0.15) is 5.82 Å². The molecule has 2 heterocycles. The van der Waals surface area contributed by atoms with Crippen LogP contribution in [0.15, 0.2) is 0 Å². The second kappa shape index (κ2) is 5.28. The lowest BCUT2D eigenvalue weighted by atomic mass is 10.3. The Balaban J connectivity index is 1.79. The van der Waals surface area contributed by atoms with Gasteiger partial charge in [0.2, 0.25) is 5.82 Å². The van der Waals surface area contributed by atoms with Crippen LogP contribution in [0, 0.1) is 13.8 Å². The number of aryl methyl sites for hydroxylation is 2. The molecule has 2 aliphatic heterocycles. The maximum atomic E-state index is 5.36. The van der Waals surface area contributed by atoms with Gasteiger partial charge in [0.15, 0.2) is 10.8 Å². The van der Waals surface area contributed by atoms with E-state index in [4.69, 9.17) is 12.2 Å². The summed E-state index contributed by atoms with van der Waals surface area (Å²) in [6, 6.07) is 0.466. The average molecular weight is 291 g/mol. The molecule has 20 heavy (non-hydrogen) atoms. The molecule has 0 amide bonds. The molecule has 8 heteroatoms. The zero-order valence-electron chi connectivity index (χ0n) is 11.6. The number of thiocarbonyl (C=S) groups is 1. The molecular weight excluding hydrogens is 274 g/mol. The van der Waals surface area contributed by atoms with Crippen molar-refractivity contribution >= 4 is 17.3 Å². The Morgan fingerprint density at radius 3 is 2.65 bits per heavy atom. The largest absolute Gasteiger partial charge is 0.359 e. The van der Waals surface area contributed by atoms with Crippen molar-refractivity contribution in [2.75, 3.05) is 5.43 Å². The molecule has 0 aromatic carbocycles.